The van der Waals surface area contributed by atoms with Gasteiger partial charge in [-0.1, -0.05) is 6.58 Å². The number of hydrogen-bond donors (Lipinski definition) is 1. The minimum atomic E-state index is -0.189. The first-order chi connectivity index (χ1) is 12.4. The molecule has 1 N–H and O–H groups in total. The lowest BCUT2D eigenvalue weighted by Crippen LogP contribution is -2.43. The second-order valence-electron chi connectivity index (χ2n) is 6.82. The maximum absolute atomic E-state index is 12.9. The lowest BCUT2D eigenvalue weighted by molar-refractivity contribution is 0.112. The van der Waals surface area contributed by atoms with Crippen molar-refractivity contribution >= 4 is 17.3 Å². The van der Waals surface area contributed by atoms with Crippen LogP contribution in [-0.2, 0) is 6.42 Å². The van der Waals surface area contributed by atoms with Crippen molar-refractivity contribution in [3.8, 4) is 5.75 Å². The third-order valence-electron chi connectivity index (χ3n) is 5.10. The summed E-state index contributed by atoms with van der Waals surface area (Å²) in [5, 5.41) is 10.1. The van der Waals surface area contributed by atoms with Crippen LogP contribution in [0.5, 0.6) is 5.75 Å². The number of rotatable bonds is 5. The molecule has 1 saturated heterocycles. The molecule has 0 atom stereocenters. The highest BCUT2D eigenvalue weighted by atomic mass is 16.3. The summed E-state index contributed by atoms with van der Waals surface area (Å²) in [6, 6.07) is 2.85. The van der Waals surface area contributed by atoms with Gasteiger partial charge in [0.1, 0.15) is 11.5 Å². The van der Waals surface area contributed by atoms with Crippen molar-refractivity contribution in [2.75, 3.05) is 33.2 Å². The number of piperazine rings is 1. The predicted molar refractivity (Wildman–Crippen MR) is 101 cm³/mol. The Hall–Kier alpha value is -2.60. The van der Waals surface area contributed by atoms with E-state index in [0.29, 0.717) is 35.8 Å². The maximum Gasteiger partial charge on any atom is 0.196 e. The van der Waals surface area contributed by atoms with Crippen LogP contribution in [0, 0.1) is 6.92 Å². The molecule has 0 spiro atoms. The van der Waals surface area contributed by atoms with Gasteiger partial charge < -0.3 is 19.3 Å². The van der Waals surface area contributed by atoms with Crippen LogP contribution in [0.3, 0.4) is 0 Å². The molecule has 0 saturated carbocycles. The molecule has 1 fully saturated rings. The number of phenolic OH excluding ortho intramolecular Hbond substituents is 1. The van der Waals surface area contributed by atoms with Crippen LogP contribution >= 0.6 is 0 Å². The number of allylic oxidation sites excluding steroid dienone is 1. The molecule has 0 bridgehead atoms. The lowest BCUT2D eigenvalue weighted by Gasteiger charge is -2.35. The van der Waals surface area contributed by atoms with E-state index < -0.39 is 0 Å². The van der Waals surface area contributed by atoms with E-state index in [0.717, 1.165) is 31.9 Å². The number of likely N-dealkylation sites (N-methyl/N-ethyl adjacent to an activating group) is 1. The van der Waals surface area contributed by atoms with Gasteiger partial charge in [-0.25, -0.2) is 0 Å². The zero-order chi connectivity index (χ0) is 18.8. The molecule has 1 aliphatic rings. The van der Waals surface area contributed by atoms with Crippen LogP contribution in [0.1, 0.15) is 28.1 Å². The molecule has 0 aliphatic carbocycles. The molecule has 3 rings (SSSR count). The number of hydrogen-bond acceptors (Lipinski definition) is 6. The van der Waals surface area contributed by atoms with Crippen LogP contribution in [0.15, 0.2) is 33.6 Å². The molecule has 0 unspecified atom stereocenters. The second-order valence-corrected chi connectivity index (χ2v) is 6.82. The molecular formula is C20H24N2O4. The van der Waals surface area contributed by atoms with Crippen molar-refractivity contribution < 1.29 is 14.3 Å². The van der Waals surface area contributed by atoms with Gasteiger partial charge in [0, 0.05) is 37.4 Å². The topological polar surface area (TPSA) is 74.0 Å². The molecular weight excluding hydrogens is 332 g/mol. The summed E-state index contributed by atoms with van der Waals surface area (Å²) in [4.78, 5) is 28.6. The highest BCUT2D eigenvalue weighted by Gasteiger charge is 2.18. The summed E-state index contributed by atoms with van der Waals surface area (Å²) in [5.74, 6) is 0.286. The number of fused-ring (bicyclic) bond motifs is 1. The zero-order valence-electron chi connectivity index (χ0n) is 15.2. The van der Waals surface area contributed by atoms with Crippen LogP contribution in [0.2, 0.25) is 0 Å². The van der Waals surface area contributed by atoms with Crippen molar-refractivity contribution in [2.24, 2.45) is 0 Å². The molecule has 1 aromatic carbocycles. The quantitative estimate of drug-likeness (QED) is 0.829. The van der Waals surface area contributed by atoms with E-state index in [-0.39, 0.29) is 22.3 Å². The monoisotopic (exact) mass is 356 g/mol. The number of phenols is 1. The first-order valence-corrected chi connectivity index (χ1v) is 8.77. The molecule has 0 radical (unpaired) electrons. The fourth-order valence-electron chi connectivity index (χ4n) is 3.37. The third-order valence-corrected chi connectivity index (χ3v) is 5.10. The number of aryl methyl sites for hydroxylation is 1. The molecule has 6 heteroatoms. The van der Waals surface area contributed by atoms with Gasteiger partial charge in [0.15, 0.2) is 17.3 Å². The van der Waals surface area contributed by atoms with Gasteiger partial charge in [0.25, 0.3) is 0 Å². The average Bonchev–Trinajstić information content (AvgIpc) is 2.61. The summed E-state index contributed by atoms with van der Waals surface area (Å²) in [6.45, 7) is 9.80. The smallest absolute Gasteiger partial charge is 0.196 e. The fraction of sp³-hybridized carbons (Fsp3) is 0.400. The van der Waals surface area contributed by atoms with Gasteiger partial charge in [-0.05, 0) is 38.9 Å². The van der Waals surface area contributed by atoms with Crippen LogP contribution in [0.4, 0.5) is 0 Å². The van der Waals surface area contributed by atoms with Gasteiger partial charge in [0.05, 0.1) is 10.9 Å². The lowest BCUT2D eigenvalue weighted by atomic mass is 10.0. The minimum absolute atomic E-state index is 0.0103. The highest BCUT2D eigenvalue weighted by molar-refractivity contribution is 5.97. The normalized spacial score (nSPS) is 15.4. The van der Waals surface area contributed by atoms with E-state index in [1.54, 1.807) is 6.92 Å². The van der Waals surface area contributed by atoms with E-state index in [9.17, 15) is 14.7 Å². The molecule has 1 aromatic heterocycles. The first kappa shape index (κ1) is 18.2. The van der Waals surface area contributed by atoms with Crippen molar-refractivity contribution in [3.05, 3.63) is 51.5 Å². The maximum atomic E-state index is 12.9. The SMILES string of the molecule is C=C(CCc1c(C)oc2c(C=O)c(O)ccc2c1=O)N1CCN(C)CC1. The predicted octanol–water partition coefficient (Wildman–Crippen LogP) is 2.31. The van der Waals surface area contributed by atoms with Gasteiger partial charge >= 0.3 is 0 Å². The van der Waals surface area contributed by atoms with Crippen molar-refractivity contribution in [3.63, 3.8) is 0 Å². The number of carbonyl (C=O) groups excluding carboxylic acids is 1. The standard InChI is InChI=1S/C20H24N2O4/c1-13(22-10-8-21(3)9-11-22)4-5-15-14(2)26-20-16(19(15)25)6-7-18(24)17(20)12-23/h6-7,12,24H,1,4-5,8-11H2,2-3H3. The number of carbonyl (C=O) groups is 1. The number of nitrogens with zero attached hydrogens (tertiary/aromatic N) is 2. The Kier molecular flexibility index (Phi) is 5.13. The van der Waals surface area contributed by atoms with E-state index in [1.165, 1.54) is 12.1 Å². The summed E-state index contributed by atoms with van der Waals surface area (Å²) in [7, 11) is 2.11. The zero-order valence-corrected chi connectivity index (χ0v) is 15.2. The third kappa shape index (κ3) is 3.37. The average molecular weight is 356 g/mol. The van der Waals surface area contributed by atoms with Crippen molar-refractivity contribution in [1.82, 2.24) is 9.80 Å². The molecule has 2 heterocycles. The minimum Gasteiger partial charge on any atom is -0.507 e. The van der Waals surface area contributed by atoms with Crippen LogP contribution in [-0.4, -0.2) is 54.4 Å². The van der Waals surface area contributed by atoms with Gasteiger partial charge in [0.2, 0.25) is 0 Å². The highest BCUT2D eigenvalue weighted by Crippen LogP contribution is 2.26. The molecule has 1 aliphatic heterocycles. The largest absolute Gasteiger partial charge is 0.507 e. The van der Waals surface area contributed by atoms with E-state index >= 15 is 0 Å². The van der Waals surface area contributed by atoms with Crippen LogP contribution < -0.4 is 5.43 Å². The Labute approximate surface area is 152 Å². The fourth-order valence-corrected chi connectivity index (χ4v) is 3.37. The number of benzene rings is 1. The Balaban J connectivity index is 1.84. The molecule has 26 heavy (non-hydrogen) atoms. The number of aromatic hydroxyl groups is 1. The molecule has 138 valence electrons. The van der Waals surface area contributed by atoms with Gasteiger partial charge in [-0.15, -0.1) is 0 Å². The molecule has 2 aromatic rings. The second kappa shape index (κ2) is 7.33. The summed E-state index contributed by atoms with van der Waals surface area (Å²) in [5.41, 5.74) is 1.62. The Morgan fingerprint density at radius 2 is 2.00 bits per heavy atom. The first-order valence-electron chi connectivity index (χ1n) is 8.77. The van der Waals surface area contributed by atoms with E-state index in [1.807, 2.05) is 0 Å². The van der Waals surface area contributed by atoms with E-state index in [4.69, 9.17) is 4.42 Å². The van der Waals surface area contributed by atoms with Gasteiger partial charge in [-0.2, -0.15) is 0 Å². The van der Waals surface area contributed by atoms with Crippen molar-refractivity contribution in [2.45, 2.75) is 19.8 Å². The molecule has 6 nitrogen and oxygen atoms in total. The Bertz CT molecular complexity index is 908. The molecule has 0 amide bonds. The Morgan fingerprint density at radius 3 is 2.65 bits per heavy atom. The van der Waals surface area contributed by atoms with Gasteiger partial charge in [-0.3, -0.25) is 9.59 Å². The summed E-state index contributed by atoms with van der Waals surface area (Å²) in [6.07, 6.45) is 1.72. The Morgan fingerprint density at radius 1 is 1.31 bits per heavy atom. The summed E-state index contributed by atoms with van der Waals surface area (Å²) >= 11 is 0. The van der Waals surface area contributed by atoms with E-state index in [2.05, 4.69) is 23.4 Å². The van der Waals surface area contributed by atoms with Crippen molar-refractivity contribution in [1.29, 1.82) is 0 Å². The number of aldehydes is 1. The van der Waals surface area contributed by atoms with Crippen LogP contribution in [0.25, 0.3) is 11.0 Å². The summed E-state index contributed by atoms with van der Waals surface area (Å²) < 4.78 is 5.73.